The first-order valence-corrected chi connectivity index (χ1v) is 10.8. The molecule has 0 spiro atoms. The van der Waals surface area contributed by atoms with Gasteiger partial charge in [0.05, 0.1) is 17.9 Å². The van der Waals surface area contributed by atoms with E-state index in [4.69, 9.17) is 0 Å². The molecule has 0 unspecified atom stereocenters. The van der Waals surface area contributed by atoms with E-state index in [1.54, 1.807) is 11.9 Å². The van der Waals surface area contributed by atoms with Gasteiger partial charge in [-0.1, -0.05) is 73.5 Å². The van der Waals surface area contributed by atoms with Gasteiger partial charge in [0.15, 0.2) is 0 Å². The lowest BCUT2D eigenvalue weighted by molar-refractivity contribution is -0.140. The number of carbonyl (C=O) groups is 3. The van der Waals surface area contributed by atoms with Crippen molar-refractivity contribution < 1.29 is 14.4 Å². The Morgan fingerprint density at radius 1 is 0.900 bits per heavy atom. The average molecular weight is 405 g/mol. The molecule has 2 aromatic carbocycles. The average Bonchev–Trinajstić information content (AvgIpc) is 3.03. The smallest absolute Gasteiger partial charge is 0.233 e. The van der Waals surface area contributed by atoms with E-state index in [0.29, 0.717) is 0 Å². The van der Waals surface area contributed by atoms with Gasteiger partial charge in [-0.2, -0.15) is 0 Å². The van der Waals surface area contributed by atoms with Gasteiger partial charge >= 0.3 is 0 Å². The minimum Gasteiger partial charge on any atom is -0.335 e. The third-order valence-electron chi connectivity index (χ3n) is 6.49. The molecule has 2 aliphatic rings. The number of hydrogen-bond acceptors (Lipinski definition) is 3. The number of benzene rings is 2. The predicted molar refractivity (Wildman–Crippen MR) is 114 cm³/mol. The Kier molecular flexibility index (Phi) is 5.98. The number of amides is 3. The summed E-state index contributed by atoms with van der Waals surface area (Å²) in [6, 6.07) is 19.6. The maximum atomic E-state index is 13.1. The van der Waals surface area contributed by atoms with Crippen LogP contribution in [-0.2, 0) is 14.4 Å². The minimum absolute atomic E-state index is 0.0804. The van der Waals surface area contributed by atoms with Crippen LogP contribution < -0.4 is 0 Å². The quantitative estimate of drug-likeness (QED) is 0.688. The normalized spacial score (nSPS) is 21.1. The van der Waals surface area contributed by atoms with Gasteiger partial charge < -0.3 is 4.90 Å². The molecule has 0 aromatic heterocycles. The van der Waals surface area contributed by atoms with Gasteiger partial charge in [0.25, 0.3) is 0 Å². The maximum absolute atomic E-state index is 13.1. The summed E-state index contributed by atoms with van der Waals surface area (Å²) in [5, 5.41) is 0. The van der Waals surface area contributed by atoms with Crippen molar-refractivity contribution in [3.8, 4) is 0 Å². The molecule has 2 fully saturated rings. The van der Waals surface area contributed by atoms with Crippen LogP contribution in [0.4, 0.5) is 0 Å². The minimum atomic E-state index is -0.215. The van der Waals surface area contributed by atoms with Crippen LogP contribution in [-0.4, -0.2) is 41.1 Å². The molecular weight excluding hydrogens is 376 g/mol. The van der Waals surface area contributed by atoms with Crippen molar-refractivity contribution in [1.29, 1.82) is 0 Å². The summed E-state index contributed by atoms with van der Waals surface area (Å²) in [6.45, 7) is 0.171. The van der Waals surface area contributed by atoms with Gasteiger partial charge in [-0.05, 0) is 24.0 Å². The van der Waals surface area contributed by atoms with Gasteiger partial charge in [0, 0.05) is 20.0 Å². The van der Waals surface area contributed by atoms with E-state index in [-0.39, 0.29) is 48.6 Å². The first-order valence-electron chi connectivity index (χ1n) is 10.8. The Morgan fingerprint density at radius 2 is 1.37 bits per heavy atom. The van der Waals surface area contributed by atoms with Gasteiger partial charge in [-0.25, -0.2) is 0 Å². The van der Waals surface area contributed by atoms with Gasteiger partial charge in [0.1, 0.15) is 0 Å². The summed E-state index contributed by atoms with van der Waals surface area (Å²) in [4.78, 5) is 41.5. The zero-order valence-corrected chi connectivity index (χ0v) is 17.4. The van der Waals surface area contributed by atoms with E-state index < -0.39 is 0 Å². The molecule has 1 saturated heterocycles. The first-order chi connectivity index (χ1) is 14.6. The third kappa shape index (κ3) is 3.89. The van der Waals surface area contributed by atoms with Crippen molar-refractivity contribution in [3.63, 3.8) is 0 Å². The number of fused-ring (bicyclic) bond motifs is 1. The van der Waals surface area contributed by atoms with Crippen LogP contribution in [0.3, 0.4) is 0 Å². The van der Waals surface area contributed by atoms with E-state index in [0.717, 1.165) is 36.8 Å². The fourth-order valence-electron chi connectivity index (χ4n) is 4.89. The lowest BCUT2D eigenvalue weighted by Gasteiger charge is -2.30. The van der Waals surface area contributed by atoms with E-state index in [1.165, 1.54) is 4.90 Å². The van der Waals surface area contributed by atoms with Crippen molar-refractivity contribution in [3.05, 3.63) is 71.8 Å². The molecule has 30 heavy (non-hydrogen) atoms. The Bertz CT molecular complexity index is 849. The maximum Gasteiger partial charge on any atom is 0.233 e. The van der Waals surface area contributed by atoms with Gasteiger partial charge in [-0.15, -0.1) is 0 Å². The highest BCUT2D eigenvalue weighted by Gasteiger charge is 2.47. The highest BCUT2D eigenvalue weighted by Crippen LogP contribution is 2.38. The summed E-state index contributed by atoms with van der Waals surface area (Å²) in [5.41, 5.74) is 2.05. The lowest BCUT2D eigenvalue weighted by Crippen LogP contribution is -2.37. The van der Waals surface area contributed by atoms with Crippen molar-refractivity contribution in [2.75, 3.05) is 13.6 Å². The third-order valence-corrected chi connectivity index (χ3v) is 6.49. The molecule has 3 amide bonds. The molecule has 5 heteroatoms. The first kappa shape index (κ1) is 20.3. The highest BCUT2D eigenvalue weighted by atomic mass is 16.2. The number of imide groups is 1. The largest absolute Gasteiger partial charge is 0.335 e. The zero-order valence-electron chi connectivity index (χ0n) is 17.4. The summed E-state index contributed by atoms with van der Waals surface area (Å²) >= 11 is 0. The second kappa shape index (κ2) is 8.82. The molecule has 4 rings (SSSR count). The second-order valence-corrected chi connectivity index (χ2v) is 8.30. The van der Waals surface area contributed by atoms with Gasteiger partial charge in [0.2, 0.25) is 17.7 Å². The molecule has 0 N–H and O–H groups in total. The number of nitrogens with zero attached hydrogens (tertiary/aromatic N) is 2. The Labute approximate surface area is 177 Å². The Hall–Kier alpha value is -2.95. The summed E-state index contributed by atoms with van der Waals surface area (Å²) in [5.74, 6) is -0.574. The number of rotatable bonds is 6. The summed E-state index contributed by atoms with van der Waals surface area (Å²) in [6.07, 6.45) is 3.74. The molecule has 1 aliphatic carbocycles. The fraction of sp³-hybridized carbons (Fsp3) is 0.400. The Balaban J connectivity index is 1.48. The number of hydrogen-bond donors (Lipinski definition) is 0. The van der Waals surface area contributed by atoms with Crippen LogP contribution in [0.1, 0.15) is 49.3 Å². The second-order valence-electron chi connectivity index (χ2n) is 8.30. The van der Waals surface area contributed by atoms with E-state index in [1.807, 2.05) is 60.7 Å². The SMILES string of the molecule is CN(C(=O)CCN1C(=O)[C@@H]2CCCC[C@H]2C1=O)C(c1ccccc1)c1ccccc1. The molecule has 2 aromatic rings. The molecule has 1 aliphatic heterocycles. The predicted octanol–water partition coefficient (Wildman–Crippen LogP) is 3.80. The van der Waals surface area contributed by atoms with E-state index in [9.17, 15) is 14.4 Å². The van der Waals surface area contributed by atoms with Crippen molar-refractivity contribution >= 4 is 17.7 Å². The molecule has 0 bridgehead atoms. The highest BCUT2D eigenvalue weighted by molar-refractivity contribution is 6.05. The zero-order chi connectivity index (χ0) is 21.1. The van der Waals surface area contributed by atoms with Crippen LogP contribution >= 0.6 is 0 Å². The lowest BCUT2D eigenvalue weighted by atomic mass is 9.81. The van der Waals surface area contributed by atoms with Gasteiger partial charge in [-0.3, -0.25) is 19.3 Å². The summed E-state index contributed by atoms with van der Waals surface area (Å²) < 4.78 is 0. The fourth-order valence-corrected chi connectivity index (χ4v) is 4.89. The number of carbonyl (C=O) groups excluding carboxylic acids is 3. The van der Waals surface area contributed by atoms with Crippen LogP contribution in [0.25, 0.3) is 0 Å². The Morgan fingerprint density at radius 3 is 1.83 bits per heavy atom. The molecule has 1 saturated carbocycles. The van der Waals surface area contributed by atoms with Crippen molar-refractivity contribution in [1.82, 2.24) is 9.80 Å². The van der Waals surface area contributed by atoms with Crippen LogP contribution in [0.15, 0.2) is 60.7 Å². The monoisotopic (exact) mass is 404 g/mol. The topological polar surface area (TPSA) is 57.7 Å². The molecule has 156 valence electrons. The molecule has 1 heterocycles. The van der Waals surface area contributed by atoms with Crippen molar-refractivity contribution in [2.45, 2.75) is 38.1 Å². The molecule has 0 radical (unpaired) electrons. The standard InChI is InChI=1S/C25H28N2O3/c1-26(23(18-10-4-2-5-11-18)19-12-6-3-7-13-19)22(28)16-17-27-24(29)20-14-8-9-15-21(20)25(27)30/h2-7,10-13,20-21,23H,8-9,14-17H2,1H3/t20-,21-/m1/s1. The van der Waals surface area contributed by atoms with Crippen molar-refractivity contribution in [2.24, 2.45) is 11.8 Å². The number of likely N-dealkylation sites (tertiary alicyclic amines) is 1. The molecular formula is C25H28N2O3. The van der Waals surface area contributed by atoms with E-state index in [2.05, 4.69) is 0 Å². The van der Waals surface area contributed by atoms with Crippen LogP contribution in [0.2, 0.25) is 0 Å². The van der Waals surface area contributed by atoms with E-state index >= 15 is 0 Å². The van der Waals surface area contributed by atoms with Crippen LogP contribution in [0.5, 0.6) is 0 Å². The molecule has 2 atom stereocenters. The molecule has 5 nitrogen and oxygen atoms in total. The van der Waals surface area contributed by atoms with Crippen LogP contribution in [0, 0.1) is 11.8 Å². The summed E-state index contributed by atoms with van der Waals surface area (Å²) in [7, 11) is 1.79.